The summed E-state index contributed by atoms with van der Waals surface area (Å²) in [5, 5.41) is 20.5. The molecule has 3 aromatic rings. The van der Waals surface area contributed by atoms with Gasteiger partial charge in [-0.25, -0.2) is 0 Å². The van der Waals surface area contributed by atoms with Crippen LogP contribution in [0.15, 0.2) is 70.7 Å². The maximum atomic E-state index is 12.5. The molecule has 0 aliphatic carbocycles. The van der Waals surface area contributed by atoms with Crippen molar-refractivity contribution in [2.24, 2.45) is 0 Å². The lowest BCUT2D eigenvalue weighted by Gasteiger charge is -2.01. The predicted molar refractivity (Wildman–Crippen MR) is 99.9 cm³/mol. The maximum Gasteiger partial charge on any atom is 0.280 e. The molecule has 0 N–H and O–H groups in total. The van der Waals surface area contributed by atoms with Crippen LogP contribution in [-0.4, -0.2) is 10.7 Å². The van der Waals surface area contributed by atoms with E-state index in [2.05, 4.69) is 0 Å². The number of para-hydroxylation sites is 1. The fourth-order valence-corrected chi connectivity index (χ4v) is 2.65. The Hall–Kier alpha value is -3.98. The van der Waals surface area contributed by atoms with Crippen molar-refractivity contribution in [1.82, 2.24) is 0 Å². The number of nitriles is 1. The maximum absolute atomic E-state index is 12.5. The van der Waals surface area contributed by atoms with Crippen LogP contribution in [0.2, 0.25) is 0 Å². The minimum atomic E-state index is -0.491. The molecule has 0 unspecified atom stereocenters. The minimum Gasteiger partial charge on any atom is -0.456 e. The highest BCUT2D eigenvalue weighted by molar-refractivity contribution is 6.14. The van der Waals surface area contributed by atoms with Crippen molar-refractivity contribution >= 4 is 17.5 Å². The molecular formula is C21H14N2O4. The third-order valence-electron chi connectivity index (χ3n) is 3.92. The van der Waals surface area contributed by atoms with E-state index in [-0.39, 0.29) is 22.8 Å². The van der Waals surface area contributed by atoms with Gasteiger partial charge in [-0.1, -0.05) is 35.9 Å². The van der Waals surface area contributed by atoms with Gasteiger partial charge in [0.2, 0.25) is 5.78 Å². The summed E-state index contributed by atoms with van der Waals surface area (Å²) in [6, 6.07) is 18.2. The van der Waals surface area contributed by atoms with Crippen molar-refractivity contribution in [2.45, 2.75) is 6.92 Å². The van der Waals surface area contributed by atoms with Gasteiger partial charge in [-0.2, -0.15) is 5.26 Å². The van der Waals surface area contributed by atoms with Gasteiger partial charge < -0.3 is 4.42 Å². The number of nitrogens with zero attached hydrogens (tertiary/aromatic N) is 2. The second-order valence-corrected chi connectivity index (χ2v) is 5.84. The van der Waals surface area contributed by atoms with Crippen LogP contribution < -0.4 is 0 Å². The second kappa shape index (κ2) is 7.50. The second-order valence-electron chi connectivity index (χ2n) is 5.84. The van der Waals surface area contributed by atoms with Crippen LogP contribution in [0.25, 0.3) is 17.4 Å². The summed E-state index contributed by atoms with van der Waals surface area (Å²) in [5.41, 5.74) is 1.48. The topological polar surface area (TPSA) is 97.1 Å². The van der Waals surface area contributed by atoms with E-state index in [0.29, 0.717) is 11.1 Å². The zero-order valence-electron chi connectivity index (χ0n) is 14.4. The molecule has 0 aliphatic rings. The van der Waals surface area contributed by atoms with Crippen molar-refractivity contribution < 1.29 is 14.1 Å². The van der Waals surface area contributed by atoms with Crippen LogP contribution in [0.1, 0.15) is 21.7 Å². The van der Waals surface area contributed by atoms with E-state index in [9.17, 15) is 20.2 Å². The normalized spacial score (nSPS) is 11.0. The van der Waals surface area contributed by atoms with E-state index < -0.39 is 10.7 Å². The van der Waals surface area contributed by atoms with Crippen LogP contribution in [0.5, 0.6) is 0 Å². The van der Waals surface area contributed by atoms with Crippen LogP contribution >= 0.6 is 0 Å². The molecule has 1 aromatic heterocycles. The molecule has 2 aromatic carbocycles. The zero-order valence-corrected chi connectivity index (χ0v) is 14.4. The minimum absolute atomic E-state index is 0.0796. The Morgan fingerprint density at radius 3 is 2.63 bits per heavy atom. The number of nitro groups is 1. The largest absolute Gasteiger partial charge is 0.456 e. The summed E-state index contributed by atoms with van der Waals surface area (Å²) < 4.78 is 5.62. The monoisotopic (exact) mass is 358 g/mol. The van der Waals surface area contributed by atoms with Gasteiger partial charge in [0.15, 0.2) is 0 Å². The van der Waals surface area contributed by atoms with Crippen molar-refractivity contribution in [1.29, 1.82) is 5.26 Å². The van der Waals surface area contributed by atoms with Gasteiger partial charge in [0.05, 0.1) is 10.5 Å². The van der Waals surface area contributed by atoms with Crippen molar-refractivity contribution in [2.75, 3.05) is 0 Å². The van der Waals surface area contributed by atoms with Crippen molar-refractivity contribution in [3.05, 3.63) is 93.2 Å². The number of hydrogen-bond donors (Lipinski definition) is 0. The highest BCUT2D eigenvalue weighted by Crippen LogP contribution is 2.31. The Kier molecular flexibility index (Phi) is 4.95. The summed E-state index contributed by atoms with van der Waals surface area (Å²) in [5.74, 6) is 0.138. The third-order valence-corrected chi connectivity index (χ3v) is 3.92. The average Bonchev–Trinajstić information content (AvgIpc) is 3.14. The SMILES string of the molecule is Cc1cccc(C(=O)/C(C#N)=C/c2ccc(-c3ccccc3[N+](=O)[O-])o2)c1. The first-order valence-electron chi connectivity index (χ1n) is 8.06. The molecule has 27 heavy (non-hydrogen) atoms. The van der Waals surface area contributed by atoms with E-state index in [1.54, 1.807) is 48.5 Å². The number of rotatable bonds is 5. The Morgan fingerprint density at radius 1 is 1.15 bits per heavy atom. The van der Waals surface area contributed by atoms with Crippen LogP contribution in [-0.2, 0) is 0 Å². The molecule has 6 heteroatoms. The van der Waals surface area contributed by atoms with Crippen molar-refractivity contribution in [3.8, 4) is 17.4 Å². The lowest BCUT2D eigenvalue weighted by molar-refractivity contribution is -0.384. The van der Waals surface area contributed by atoms with Gasteiger partial charge in [-0.15, -0.1) is 0 Å². The van der Waals surface area contributed by atoms with Crippen LogP contribution in [0.4, 0.5) is 5.69 Å². The molecule has 132 valence electrons. The highest BCUT2D eigenvalue weighted by atomic mass is 16.6. The van der Waals surface area contributed by atoms with E-state index in [1.807, 2.05) is 19.1 Å². The standard InChI is InChI=1S/C21H14N2O4/c1-14-5-4-6-15(11-14)21(24)16(13-22)12-17-9-10-20(27-17)18-7-2-3-8-19(18)23(25)26/h2-12H,1H3/b16-12+. The van der Waals surface area contributed by atoms with Gasteiger partial charge in [0, 0.05) is 17.7 Å². The Bertz CT molecular complexity index is 1100. The first-order valence-corrected chi connectivity index (χ1v) is 8.06. The summed E-state index contributed by atoms with van der Waals surface area (Å²) in [7, 11) is 0. The zero-order chi connectivity index (χ0) is 19.4. The average molecular weight is 358 g/mol. The number of nitro benzene ring substituents is 1. The van der Waals surface area contributed by atoms with E-state index in [1.165, 1.54) is 12.1 Å². The van der Waals surface area contributed by atoms with Crippen LogP contribution in [0.3, 0.4) is 0 Å². The molecule has 3 rings (SSSR count). The van der Waals surface area contributed by atoms with E-state index >= 15 is 0 Å². The Balaban J connectivity index is 1.95. The number of aryl methyl sites for hydroxylation is 1. The van der Waals surface area contributed by atoms with Gasteiger partial charge in [-0.05, 0) is 31.2 Å². The number of benzene rings is 2. The molecule has 0 bridgehead atoms. The third kappa shape index (κ3) is 3.83. The highest BCUT2D eigenvalue weighted by Gasteiger charge is 2.18. The lowest BCUT2D eigenvalue weighted by Crippen LogP contribution is -2.01. The molecule has 6 nitrogen and oxygen atoms in total. The molecule has 0 atom stereocenters. The molecule has 0 radical (unpaired) electrons. The number of carbonyl (C=O) groups is 1. The number of hydrogen-bond acceptors (Lipinski definition) is 5. The molecule has 0 saturated heterocycles. The fourth-order valence-electron chi connectivity index (χ4n) is 2.65. The predicted octanol–water partition coefficient (Wildman–Crippen LogP) is 4.95. The number of allylic oxidation sites excluding steroid dienone is 1. The number of Topliss-reactive ketones (excluding diaryl/α,β-unsaturated/α-hetero) is 1. The van der Waals surface area contributed by atoms with Gasteiger partial charge in [0.1, 0.15) is 23.2 Å². The molecule has 0 fully saturated rings. The van der Waals surface area contributed by atoms with Crippen LogP contribution in [0, 0.1) is 28.4 Å². The first kappa shape index (κ1) is 17.8. The quantitative estimate of drug-likeness (QED) is 0.211. The molecule has 0 spiro atoms. The Labute approximate surface area is 155 Å². The molecule has 0 amide bonds. The van der Waals surface area contributed by atoms with Crippen molar-refractivity contribution in [3.63, 3.8) is 0 Å². The lowest BCUT2D eigenvalue weighted by atomic mass is 10.0. The van der Waals surface area contributed by atoms with Gasteiger partial charge in [0.25, 0.3) is 5.69 Å². The first-order chi connectivity index (χ1) is 13.0. The summed E-state index contributed by atoms with van der Waals surface area (Å²) in [6.07, 6.45) is 1.34. The summed E-state index contributed by atoms with van der Waals surface area (Å²) in [6.45, 7) is 1.86. The van der Waals surface area contributed by atoms with E-state index in [4.69, 9.17) is 4.42 Å². The summed E-state index contributed by atoms with van der Waals surface area (Å²) in [4.78, 5) is 23.2. The smallest absolute Gasteiger partial charge is 0.280 e. The van der Waals surface area contributed by atoms with Gasteiger partial charge >= 0.3 is 0 Å². The molecule has 0 saturated carbocycles. The Morgan fingerprint density at radius 2 is 1.93 bits per heavy atom. The molecule has 0 aliphatic heterocycles. The number of ketones is 1. The van der Waals surface area contributed by atoms with E-state index in [0.717, 1.165) is 5.56 Å². The number of carbonyl (C=O) groups excluding carboxylic acids is 1. The number of furan rings is 1. The summed E-state index contributed by atoms with van der Waals surface area (Å²) >= 11 is 0. The molecular weight excluding hydrogens is 344 g/mol. The molecule has 1 heterocycles. The fraction of sp³-hybridized carbons (Fsp3) is 0.0476. The van der Waals surface area contributed by atoms with Gasteiger partial charge in [-0.3, -0.25) is 14.9 Å².